The number of rotatable bonds is 4. The van der Waals surface area contributed by atoms with Crippen LogP contribution in [0.2, 0.25) is 0 Å². The van der Waals surface area contributed by atoms with E-state index in [1.165, 1.54) is 42.4 Å². The molecule has 3 nitrogen and oxygen atoms in total. The maximum absolute atomic E-state index is 6.60. The van der Waals surface area contributed by atoms with Crippen molar-refractivity contribution in [2.45, 2.75) is 19.3 Å². The van der Waals surface area contributed by atoms with Crippen LogP contribution in [0.25, 0.3) is 86.2 Å². The molecule has 264 valence electrons. The Balaban J connectivity index is 1.04. The number of benzene rings is 8. The van der Waals surface area contributed by atoms with E-state index in [-0.39, 0.29) is 5.41 Å². The molecule has 0 saturated carbocycles. The second kappa shape index (κ2) is 11.6. The average Bonchev–Trinajstić information content (AvgIpc) is 3.88. The molecule has 0 atom stereocenters. The third-order valence-corrected chi connectivity index (χ3v) is 13.2. The zero-order valence-corrected chi connectivity index (χ0v) is 31.7. The zero-order chi connectivity index (χ0) is 37.1. The van der Waals surface area contributed by atoms with Crippen molar-refractivity contribution in [2.75, 3.05) is 4.90 Å². The number of thiophene rings is 1. The molecule has 1 aliphatic rings. The van der Waals surface area contributed by atoms with E-state index in [1.807, 2.05) is 17.4 Å². The third kappa shape index (κ3) is 4.48. The number of anilines is 3. The maximum atomic E-state index is 6.60. The number of aromatic nitrogens is 1. The van der Waals surface area contributed by atoms with E-state index in [0.717, 1.165) is 71.9 Å². The molecule has 11 aromatic rings. The number of nitrogens with zero attached hydrogens (tertiary/aromatic N) is 2. The Morgan fingerprint density at radius 1 is 0.500 bits per heavy atom. The molecule has 3 heterocycles. The largest absolute Gasteiger partial charge is 0.455 e. The van der Waals surface area contributed by atoms with Crippen LogP contribution in [-0.4, -0.2) is 4.98 Å². The first-order chi connectivity index (χ1) is 27.5. The molecule has 8 aromatic carbocycles. The minimum Gasteiger partial charge on any atom is -0.455 e. The predicted molar refractivity (Wildman–Crippen MR) is 237 cm³/mol. The molecule has 0 unspecified atom stereocenters. The van der Waals surface area contributed by atoms with E-state index in [1.54, 1.807) is 0 Å². The highest BCUT2D eigenvalue weighted by Gasteiger charge is 2.35. The minimum absolute atomic E-state index is 0.110. The van der Waals surface area contributed by atoms with Crippen LogP contribution in [0.4, 0.5) is 17.1 Å². The minimum atomic E-state index is -0.110. The molecule has 0 fully saturated rings. The van der Waals surface area contributed by atoms with E-state index in [9.17, 15) is 0 Å². The van der Waals surface area contributed by atoms with Gasteiger partial charge < -0.3 is 9.32 Å². The van der Waals surface area contributed by atoms with Crippen molar-refractivity contribution in [1.82, 2.24) is 4.98 Å². The van der Waals surface area contributed by atoms with E-state index in [0.29, 0.717) is 0 Å². The number of para-hydroxylation sites is 2. The van der Waals surface area contributed by atoms with Gasteiger partial charge in [-0.05, 0) is 82.9 Å². The van der Waals surface area contributed by atoms with E-state index < -0.39 is 0 Å². The molecule has 0 radical (unpaired) electrons. The summed E-state index contributed by atoms with van der Waals surface area (Å²) in [7, 11) is 0. The van der Waals surface area contributed by atoms with Crippen LogP contribution in [0.5, 0.6) is 0 Å². The molecular formula is C52H34N2OS. The van der Waals surface area contributed by atoms with Crippen LogP contribution >= 0.6 is 11.3 Å². The molecular weight excluding hydrogens is 701 g/mol. The van der Waals surface area contributed by atoms with Crippen molar-refractivity contribution < 1.29 is 4.42 Å². The topological polar surface area (TPSA) is 29.3 Å². The lowest BCUT2D eigenvalue weighted by molar-refractivity contribution is 0.660. The third-order valence-electron chi connectivity index (χ3n) is 12.1. The van der Waals surface area contributed by atoms with E-state index in [2.05, 4.69) is 183 Å². The van der Waals surface area contributed by atoms with Crippen molar-refractivity contribution in [2.24, 2.45) is 0 Å². The summed E-state index contributed by atoms with van der Waals surface area (Å²) >= 11 is 1.86. The standard InChI is InChI=1S/C52H34N2OS/c1-52(2)43-15-7-3-11-35(43)36-25-23-33(29-44(36)52)54(34-24-26-39-38-13-6-10-18-47(38)56-48(39)30-34)32-21-19-31(20-22-32)50-42-28-27-40-37-12-5-9-17-46(37)55-51(40)49(42)41-14-4-8-16-45(41)53-50/h3-30H,1-2H3. The van der Waals surface area contributed by atoms with Crippen molar-refractivity contribution in [3.8, 4) is 22.4 Å². The highest BCUT2D eigenvalue weighted by atomic mass is 32.1. The van der Waals surface area contributed by atoms with Gasteiger partial charge in [0.2, 0.25) is 0 Å². The molecule has 0 N–H and O–H groups in total. The summed E-state index contributed by atoms with van der Waals surface area (Å²) < 4.78 is 9.18. The fourth-order valence-corrected chi connectivity index (χ4v) is 10.5. The lowest BCUT2D eigenvalue weighted by Gasteiger charge is -2.28. The summed E-state index contributed by atoms with van der Waals surface area (Å²) in [6.45, 7) is 4.70. The molecule has 56 heavy (non-hydrogen) atoms. The molecule has 0 spiro atoms. The first-order valence-electron chi connectivity index (χ1n) is 19.2. The van der Waals surface area contributed by atoms with Gasteiger partial charge in [-0.3, -0.25) is 0 Å². The van der Waals surface area contributed by atoms with Crippen LogP contribution in [0.3, 0.4) is 0 Å². The molecule has 0 amide bonds. The number of hydrogen-bond donors (Lipinski definition) is 0. The lowest BCUT2D eigenvalue weighted by atomic mass is 9.82. The van der Waals surface area contributed by atoms with Crippen molar-refractivity contribution in [3.05, 3.63) is 181 Å². The Morgan fingerprint density at radius 3 is 2.04 bits per heavy atom. The van der Waals surface area contributed by atoms with Crippen LogP contribution in [0.1, 0.15) is 25.0 Å². The van der Waals surface area contributed by atoms with Crippen LogP contribution in [-0.2, 0) is 5.41 Å². The SMILES string of the molecule is CC1(C)c2ccccc2-c2ccc(N(c3ccc(-c4nc5ccccc5c5c4ccc4c6ccccc6oc45)cc3)c3ccc4c(c3)sc3ccccc34)cc21. The first kappa shape index (κ1) is 31.6. The fraction of sp³-hybridized carbons (Fsp3) is 0.0577. The highest BCUT2D eigenvalue weighted by molar-refractivity contribution is 7.25. The van der Waals surface area contributed by atoms with Gasteiger partial charge in [-0.2, -0.15) is 0 Å². The molecule has 0 aliphatic heterocycles. The second-order valence-electron chi connectivity index (χ2n) is 15.5. The molecule has 0 bridgehead atoms. The molecule has 0 saturated heterocycles. The highest BCUT2D eigenvalue weighted by Crippen LogP contribution is 2.51. The van der Waals surface area contributed by atoms with Gasteiger partial charge in [0.25, 0.3) is 0 Å². The Kier molecular flexibility index (Phi) is 6.56. The summed E-state index contributed by atoms with van der Waals surface area (Å²) in [5.41, 5.74) is 13.4. The van der Waals surface area contributed by atoms with Gasteiger partial charge in [0.15, 0.2) is 0 Å². The fourth-order valence-electron chi connectivity index (χ4n) is 9.34. The Labute approximate surface area is 327 Å². The molecule has 12 rings (SSSR count). The molecule has 1 aliphatic carbocycles. The van der Waals surface area contributed by atoms with Gasteiger partial charge in [0, 0.05) is 75.1 Å². The average molecular weight is 735 g/mol. The number of fused-ring (bicyclic) bond motifs is 13. The Hall–Kier alpha value is -6.75. The number of furan rings is 1. The van der Waals surface area contributed by atoms with Gasteiger partial charge in [-0.25, -0.2) is 4.98 Å². The van der Waals surface area contributed by atoms with Gasteiger partial charge in [0.05, 0.1) is 11.2 Å². The summed E-state index contributed by atoms with van der Waals surface area (Å²) in [6.07, 6.45) is 0. The van der Waals surface area contributed by atoms with Gasteiger partial charge in [-0.1, -0.05) is 123 Å². The lowest BCUT2D eigenvalue weighted by Crippen LogP contribution is -2.16. The number of pyridine rings is 1. The Morgan fingerprint density at radius 2 is 1.14 bits per heavy atom. The summed E-state index contributed by atoms with van der Waals surface area (Å²) in [4.78, 5) is 7.71. The zero-order valence-electron chi connectivity index (χ0n) is 30.9. The predicted octanol–water partition coefficient (Wildman–Crippen LogP) is 15.1. The Bertz CT molecular complexity index is 3410. The van der Waals surface area contributed by atoms with Crippen LogP contribution in [0.15, 0.2) is 174 Å². The summed E-state index contributed by atoms with van der Waals surface area (Å²) in [6, 6.07) is 61.6. The summed E-state index contributed by atoms with van der Waals surface area (Å²) in [5, 5.41) is 8.13. The molecule has 4 heteroatoms. The van der Waals surface area contributed by atoms with Crippen molar-refractivity contribution in [3.63, 3.8) is 0 Å². The normalized spacial score (nSPS) is 13.3. The van der Waals surface area contributed by atoms with E-state index in [4.69, 9.17) is 9.40 Å². The van der Waals surface area contributed by atoms with Crippen molar-refractivity contribution >= 4 is 92.2 Å². The smallest absolute Gasteiger partial charge is 0.144 e. The van der Waals surface area contributed by atoms with Crippen LogP contribution in [0, 0.1) is 0 Å². The number of hydrogen-bond acceptors (Lipinski definition) is 4. The van der Waals surface area contributed by atoms with Crippen molar-refractivity contribution in [1.29, 1.82) is 0 Å². The summed E-state index contributed by atoms with van der Waals surface area (Å²) in [5.74, 6) is 0. The van der Waals surface area contributed by atoms with Crippen LogP contribution < -0.4 is 4.90 Å². The van der Waals surface area contributed by atoms with Gasteiger partial charge in [-0.15, -0.1) is 11.3 Å². The quantitative estimate of drug-likeness (QED) is 0.169. The first-order valence-corrected chi connectivity index (χ1v) is 20.0. The molecule has 3 aromatic heterocycles. The van der Waals surface area contributed by atoms with Gasteiger partial charge in [0.1, 0.15) is 11.2 Å². The van der Waals surface area contributed by atoms with Gasteiger partial charge >= 0.3 is 0 Å². The maximum Gasteiger partial charge on any atom is 0.144 e. The monoisotopic (exact) mass is 734 g/mol. The van der Waals surface area contributed by atoms with E-state index >= 15 is 0 Å². The second-order valence-corrected chi connectivity index (χ2v) is 16.6.